The number of nitrogens with zero attached hydrogens (tertiary/aromatic N) is 2. The molecule has 0 aliphatic carbocycles. The van der Waals surface area contributed by atoms with Crippen molar-refractivity contribution in [2.75, 3.05) is 0 Å². The average Bonchev–Trinajstić information content (AvgIpc) is 2.99. The van der Waals surface area contributed by atoms with Crippen molar-refractivity contribution in [3.63, 3.8) is 0 Å². The average molecular weight is 385 g/mol. The van der Waals surface area contributed by atoms with Gasteiger partial charge in [0.15, 0.2) is 5.41 Å². The van der Waals surface area contributed by atoms with Crippen molar-refractivity contribution < 1.29 is 19.4 Å². The maximum absolute atomic E-state index is 12.5. The Balaban J connectivity index is 2.44. The molecule has 0 saturated heterocycles. The smallest absolute Gasteiger partial charge is 0.328 e. The highest BCUT2D eigenvalue weighted by atomic mass is 35.5. The van der Waals surface area contributed by atoms with Crippen LogP contribution in [0, 0.1) is 0 Å². The van der Waals surface area contributed by atoms with Crippen LogP contribution in [0.3, 0.4) is 0 Å². The summed E-state index contributed by atoms with van der Waals surface area (Å²) in [5.74, 6) is -2.15. The van der Waals surface area contributed by atoms with Crippen LogP contribution in [-0.2, 0) is 19.7 Å². The van der Waals surface area contributed by atoms with Crippen LogP contribution in [0.15, 0.2) is 30.6 Å². The Morgan fingerprint density at radius 2 is 2.08 bits per heavy atom. The number of carbonyl (C=O) groups excluding carboxylic acids is 1. The number of carboxylic acids is 1. The number of rotatable bonds is 6. The standard InChI is InChI=1S/C17H18Cl2N2O4/c1-4-10(2)25-16(24)17(3,15(22)23)11-5-6-14(13(19)7-11)21-9-12(18)8-20-21/h5-10H,4H2,1-3H3,(H,22,23). The van der Waals surface area contributed by atoms with Crippen molar-refractivity contribution in [2.45, 2.75) is 38.7 Å². The summed E-state index contributed by atoms with van der Waals surface area (Å²) in [6.45, 7) is 4.85. The minimum Gasteiger partial charge on any atom is -0.480 e. The molecule has 8 heteroatoms. The summed E-state index contributed by atoms with van der Waals surface area (Å²) in [6, 6.07) is 4.53. The largest absolute Gasteiger partial charge is 0.480 e. The van der Waals surface area contributed by atoms with E-state index in [0.29, 0.717) is 17.1 Å². The number of hydrogen-bond donors (Lipinski definition) is 1. The van der Waals surface area contributed by atoms with Gasteiger partial charge in [0.05, 0.1) is 28.0 Å². The van der Waals surface area contributed by atoms with Crippen molar-refractivity contribution in [3.8, 4) is 5.69 Å². The molecule has 0 saturated carbocycles. The first-order chi connectivity index (χ1) is 11.7. The highest BCUT2D eigenvalue weighted by Crippen LogP contribution is 2.32. The van der Waals surface area contributed by atoms with Crippen LogP contribution >= 0.6 is 23.2 Å². The van der Waals surface area contributed by atoms with Crippen molar-refractivity contribution >= 4 is 35.1 Å². The molecule has 1 aromatic carbocycles. The Morgan fingerprint density at radius 1 is 1.40 bits per heavy atom. The SMILES string of the molecule is CCC(C)OC(=O)C(C)(C(=O)O)c1ccc(-n2cc(Cl)cn2)c(Cl)c1. The van der Waals surface area contributed by atoms with Gasteiger partial charge >= 0.3 is 11.9 Å². The highest BCUT2D eigenvalue weighted by molar-refractivity contribution is 6.32. The van der Waals surface area contributed by atoms with E-state index in [4.69, 9.17) is 27.9 Å². The second-order valence-corrected chi connectivity index (χ2v) is 6.67. The Morgan fingerprint density at radius 3 is 2.56 bits per heavy atom. The van der Waals surface area contributed by atoms with Gasteiger partial charge in [0.1, 0.15) is 0 Å². The van der Waals surface area contributed by atoms with Gasteiger partial charge < -0.3 is 9.84 Å². The molecule has 1 heterocycles. The first-order valence-electron chi connectivity index (χ1n) is 7.65. The molecule has 25 heavy (non-hydrogen) atoms. The van der Waals surface area contributed by atoms with Gasteiger partial charge in [0, 0.05) is 6.20 Å². The summed E-state index contributed by atoms with van der Waals surface area (Å²) in [7, 11) is 0. The lowest BCUT2D eigenvalue weighted by Gasteiger charge is -2.25. The Kier molecular flexibility index (Phi) is 5.75. The quantitative estimate of drug-likeness (QED) is 0.603. The molecule has 0 bridgehead atoms. The lowest BCUT2D eigenvalue weighted by Crippen LogP contribution is -2.43. The van der Waals surface area contributed by atoms with E-state index >= 15 is 0 Å². The first-order valence-corrected chi connectivity index (χ1v) is 8.40. The number of ether oxygens (including phenoxy) is 1. The molecule has 0 aliphatic heterocycles. The second kappa shape index (κ2) is 7.45. The number of aromatic nitrogens is 2. The van der Waals surface area contributed by atoms with Gasteiger partial charge in [0.25, 0.3) is 0 Å². The molecule has 0 radical (unpaired) electrons. The van der Waals surface area contributed by atoms with E-state index in [1.165, 1.54) is 29.9 Å². The van der Waals surface area contributed by atoms with E-state index in [1.807, 2.05) is 6.92 Å². The fourth-order valence-corrected chi connectivity index (χ4v) is 2.55. The van der Waals surface area contributed by atoms with Gasteiger partial charge in [-0.2, -0.15) is 5.10 Å². The molecule has 6 nitrogen and oxygen atoms in total. The van der Waals surface area contributed by atoms with Crippen LogP contribution < -0.4 is 0 Å². The Hall–Kier alpha value is -2.05. The van der Waals surface area contributed by atoms with Crippen LogP contribution in [0.4, 0.5) is 0 Å². The molecule has 2 aromatic rings. The summed E-state index contributed by atoms with van der Waals surface area (Å²) >= 11 is 12.1. The monoisotopic (exact) mass is 384 g/mol. The van der Waals surface area contributed by atoms with E-state index in [0.717, 1.165) is 0 Å². The van der Waals surface area contributed by atoms with Crippen molar-refractivity contribution in [2.24, 2.45) is 0 Å². The van der Waals surface area contributed by atoms with Crippen LogP contribution in [0.25, 0.3) is 5.69 Å². The molecule has 0 aliphatic rings. The molecule has 134 valence electrons. The molecule has 1 aromatic heterocycles. The van der Waals surface area contributed by atoms with Crippen LogP contribution in [0.5, 0.6) is 0 Å². The van der Waals surface area contributed by atoms with Gasteiger partial charge in [-0.1, -0.05) is 36.2 Å². The number of esters is 1. The summed E-state index contributed by atoms with van der Waals surface area (Å²) in [6.07, 6.45) is 3.22. The minimum atomic E-state index is -1.87. The third-order valence-corrected chi connectivity index (χ3v) is 4.54. The molecular weight excluding hydrogens is 367 g/mol. The van der Waals surface area contributed by atoms with Crippen LogP contribution in [-0.4, -0.2) is 32.9 Å². The minimum absolute atomic E-state index is 0.223. The highest BCUT2D eigenvalue weighted by Gasteiger charge is 2.45. The summed E-state index contributed by atoms with van der Waals surface area (Å²) in [4.78, 5) is 24.3. The number of carbonyl (C=O) groups is 2. The number of carboxylic acid groups (broad SMARTS) is 1. The van der Waals surface area contributed by atoms with Crippen LogP contribution in [0.2, 0.25) is 10.0 Å². The number of aliphatic carboxylic acids is 1. The lowest BCUT2D eigenvalue weighted by atomic mass is 9.82. The van der Waals surface area contributed by atoms with E-state index in [1.54, 1.807) is 19.2 Å². The molecule has 0 fully saturated rings. The molecular formula is C17H18Cl2N2O4. The Bertz CT molecular complexity index is 806. The van der Waals surface area contributed by atoms with Gasteiger partial charge in [-0.05, 0) is 38.0 Å². The van der Waals surface area contributed by atoms with Crippen LogP contribution in [0.1, 0.15) is 32.8 Å². The van der Waals surface area contributed by atoms with E-state index in [2.05, 4.69) is 5.10 Å². The molecule has 0 spiro atoms. The predicted molar refractivity (Wildman–Crippen MR) is 94.4 cm³/mol. The van der Waals surface area contributed by atoms with Crippen molar-refractivity contribution in [1.82, 2.24) is 9.78 Å². The van der Waals surface area contributed by atoms with Gasteiger partial charge in [-0.15, -0.1) is 0 Å². The van der Waals surface area contributed by atoms with E-state index in [9.17, 15) is 14.7 Å². The third-order valence-electron chi connectivity index (χ3n) is 4.04. The van der Waals surface area contributed by atoms with E-state index in [-0.39, 0.29) is 16.7 Å². The molecule has 2 atom stereocenters. The number of halogens is 2. The molecule has 2 rings (SSSR count). The fourth-order valence-electron chi connectivity index (χ4n) is 2.15. The summed E-state index contributed by atoms with van der Waals surface area (Å²) in [5.41, 5.74) is -1.13. The van der Waals surface area contributed by atoms with Gasteiger partial charge in [-0.25, -0.2) is 4.68 Å². The zero-order chi connectivity index (χ0) is 18.8. The number of benzene rings is 1. The normalized spacial score (nSPS) is 14.6. The molecule has 1 N–H and O–H groups in total. The van der Waals surface area contributed by atoms with Gasteiger partial charge in [-0.3, -0.25) is 9.59 Å². The first kappa shape index (κ1) is 19.3. The fraction of sp³-hybridized carbons (Fsp3) is 0.353. The molecule has 2 unspecified atom stereocenters. The Labute approximate surface area is 155 Å². The summed E-state index contributed by atoms with van der Waals surface area (Å²) < 4.78 is 6.70. The zero-order valence-corrected chi connectivity index (χ0v) is 15.5. The third kappa shape index (κ3) is 3.80. The van der Waals surface area contributed by atoms with Gasteiger partial charge in [0.2, 0.25) is 0 Å². The second-order valence-electron chi connectivity index (χ2n) is 5.82. The van der Waals surface area contributed by atoms with Crippen molar-refractivity contribution in [1.29, 1.82) is 0 Å². The predicted octanol–water partition coefficient (Wildman–Crippen LogP) is 3.86. The number of hydrogen-bond acceptors (Lipinski definition) is 4. The summed E-state index contributed by atoms with van der Waals surface area (Å²) in [5, 5.41) is 14.4. The lowest BCUT2D eigenvalue weighted by molar-refractivity contribution is -0.164. The molecule has 0 amide bonds. The zero-order valence-electron chi connectivity index (χ0n) is 14.0. The maximum atomic E-state index is 12.5. The van der Waals surface area contributed by atoms with Crippen molar-refractivity contribution in [3.05, 3.63) is 46.2 Å². The topological polar surface area (TPSA) is 81.4 Å². The maximum Gasteiger partial charge on any atom is 0.328 e. The van der Waals surface area contributed by atoms with E-state index < -0.39 is 17.4 Å².